The van der Waals surface area contributed by atoms with Crippen molar-refractivity contribution in [2.45, 2.75) is 19.8 Å². The average Bonchev–Trinajstić information content (AvgIpc) is 2.63. The molecule has 0 radical (unpaired) electrons. The van der Waals surface area contributed by atoms with Gasteiger partial charge in [-0.15, -0.1) is 0 Å². The highest BCUT2D eigenvalue weighted by Crippen LogP contribution is 2.32. The molecule has 3 rings (SSSR count). The molecule has 2 fully saturated rings. The van der Waals surface area contributed by atoms with Crippen LogP contribution in [0.3, 0.4) is 0 Å². The van der Waals surface area contributed by atoms with Crippen LogP contribution in [0.2, 0.25) is 0 Å². The Bertz CT molecular complexity index is 565. The SMILES string of the molecule is CCOC(=O)C1CCN(c2cc(N3CCOCC3)ccc2N)CC1. The maximum Gasteiger partial charge on any atom is 0.309 e. The summed E-state index contributed by atoms with van der Waals surface area (Å²) in [6.45, 7) is 7.33. The molecule has 0 unspecified atom stereocenters. The van der Waals surface area contributed by atoms with Crippen molar-refractivity contribution in [2.24, 2.45) is 5.92 Å². The Morgan fingerprint density at radius 3 is 2.58 bits per heavy atom. The van der Waals surface area contributed by atoms with Crippen LogP contribution in [0.15, 0.2) is 18.2 Å². The van der Waals surface area contributed by atoms with Gasteiger partial charge in [-0.05, 0) is 38.0 Å². The minimum Gasteiger partial charge on any atom is -0.466 e. The van der Waals surface area contributed by atoms with Gasteiger partial charge in [0.2, 0.25) is 0 Å². The fraction of sp³-hybridized carbons (Fsp3) is 0.611. The lowest BCUT2D eigenvalue weighted by atomic mass is 9.96. The number of carbonyl (C=O) groups is 1. The number of benzene rings is 1. The number of piperidine rings is 1. The summed E-state index contributed by atoms with van der Waals surface area (Å²) in [6, 6.07) is 6.23. The lowest BCUT2D eigenvalue weighted by Gasteiger charge is -2.35. The fourth-order valence-corrected chi connectivity index (χ4v) is 3.44. The normalized spacial score (nSPS) is 19.4. The van der Waals surface area contributed by atoms with Crippen LogP contribution < -0.4 is 15.5 Å². The number of nitrogen functional groups attached to an aromatic ring is 1. The van der Waals surface area contributed by atoms with E-state index in [0.717, 1.165) is 63.6 Å². The van der Waals surface area contributed by atoms with Crippen molar-refractivity contribution in [2.75, 3.05) is 61.5 Å². The second-order valence-electron chi connectivity index (χ2n) is 6.36. The zero-order valence-corrected chi connectivity index (χ0v) is 14.4. The topological polar surface area (TPSA) is 68.0 Å². The molecule has 0 aromatic heterocycles. The molecule has 24 heavy (non-hydrogen) atoms. The van der Waals surface area contributed by atoms with Crippen molar-refractivity contribution in [1.29, 1.82) is 0 Å². The summed E-state index contributed by atoms with van der Waals surface area (Å²) >= 11 is 0. The fourth-order valence-electron chi connectivity index (χ4n) is 3.44. The van der Waals surface area contributed by atoms with E-state index >= 15 is 0 Å². The summed E-state index contributed by atoms with van der Waals surface area (Å²) in [5, 5.41) is 0. The number of hydrogen-bond donors (Lipinski definition) is 1. The summed E-state index contributed by atoms with van der Waals surface area (Å²) in [5.41, 5.74) is 9.27. The molecule has 2 aliphatic heterocycles. The minimum absolute atomic E-state index is 0.0184. The van der Waals surface area contributed by atoms with Crippen molar-refractivity contribution in [3.63, 3.8) is 0 Å². The first-order valence-corrected chi connectivity index (χ1v) is 8.83. The van der Waals surface area contributed by atoms with Gasteiger partial charge < -0.3 is 25.0 Å². The largest absolute Gasteiger partial charge is 0.466 e. The third-order valence-corrected chi connectivity index (χ3v) is 4.85. The first-order valence-electron chi connectivity index (χ1n) is 8.83. The minimum atomic E-state index is -0.0628. The third kappa shape index (κ3) is 3.75. The molecule has 2 saturated heterocycles. The van der Waals surface area contributed by atoms with Gasteiger partial charge in [0, 0.05) is 31.9 Å². The maximum atomic E-state index is 11.9. The van der Waals surface area contributed by atoms with E-state index in [1.807, 2.05) is 13.0 Å². The highest BCUT2D eigenvalue weighted by atomic mass is 16.5. The molecule has 6 heteroatoms. The average molecular weight is 333 g/mol. The van der Waals surface area contributed by atoms with Crippen molar-refractivity contribution < 1.29 is 14.3 Å². The van der Waals surface area contributed by atoms with Crippen LogP contribution in [-0.2, 0) is 14.3 Å². The van der Waals surface area contributed by atoms with Gasteiger partial charge in [-0.2, -0.15) is 0 Å². The number of anilines is 3. The molecule has 2 aliphatic rings. The smallest absolute Gasteiger partial charge is 0.309 e. The van der Waals surface area contributed by atoms with Crippen LogP contribution in [0.1, 0.15) is 19.8 Å². The number of nitrogens with zero attached hydrogens (tertiary/aromatic N) is 2. The first kappa shape index (κ1) is 16.9. The number of rotatable bonds is 4. The molecule has 2 heterocycles. The molecule has 0 saturated carbocycles. The van der Waals surface area contributed by atoms with Gasteiger partial charge in [-0.3, -0.25) is 4.79 Å². The summed E-state index contributed by atoms with van der Waals surface area (Å²) in [5.74, 6) is -0.0444. The molecular weight excluding hydrogens is 306 g/mol. The molecule has 1 aromatic rings. The zero-order chi connectivity index (χ0) is 16.9. The van der Waals surface area contributed by atoms with E-state index < -0.39 is 0 Å². The quantitative estimate of drug-likeness (QED) is 0.670. The van der Waals surface area contributed by atoms with Gasteiger partial charge in [0.25, 0.3) is 0 Å². The van der Waals surface area contributed by atoms with E-state index in [1.165, 1.54) is 5.69 Å². The Kier molecular flexibility index (Phi) is 5.45. The lowest BCUT2D eigenvalue weighted by molar-refractivity contribution is -0.148. The molecule has 0 bridgehead atoms. The molecule has 0 amide bonds. The highest BCUT2D eigenvalue weighted by molar-refractivity contribution is 5.75. The molecule has 0 aliphatic carbocycles. The number of carbonyl (C=O) groups excluding carboxylic acids is 1. The van der Waals surface area contributed by atoms with E-state index in [4.69, 9.17) is 15.2 Å². The van der Waals surface area contributed by atoms with Crippen LogP contribution >= 0.6 is 0 Å². The van der Waals surface area contributed by atoms with Crippen molar-refractivity contribution >= 4 is 23.0 Å². The van der Waals surface area contributed by atoms with Crippen LogP contribution in [0.25, 0.3) is 0 Å². The molecule has 6 nitrogen and oxygen atoms in total. The highest BCUT2D eigenvalue weighted by Gasteiger charge is 2.27. The van der Waals surface area contributed by atoms with Crippen molar-refractivity contribution in [1.82, 2.24) is 0 Å². The van der Waals surface area contributed by atoms with E-state index in [0.29, 0.717) is 6.61 Å². The summed E-state index contributed by atoms with van der Waals surface area (Å²) in [6.07, 6.45) is 1.64. The summed E-state index contributed by atoms with van der Waals surface area (Å²) < 4.78 is 10.6. The Hall–Kier alpha value is -1.95. The maximum absolute atomic E-state index is 11.9. The Morgan fingerprint density at radius 1 is 1.21 bits per heavy atom. The molecule has 0 spiro atoms. The number of morpholine rings is 1. The predicted octanol–water partition coefficient (Wildman–Crippen LogP) is 1.88. The predicted molar refractivity (Wildman–Crippen MR) is 95.5 cm³/mol. The number of hydrogen-bond acceptors (Lipinski definition) is 6. The van der Waals surface area contributed by atoms with Crippen molar-refractivity contribution in [3.05, 3.63) is 18.2 Å². The summed E-state index contributed by atoms with van der Waals surface area (Å²) in [4.78, 5) is 16.5. The second kappa shape index (κ2) is 7.75. The van der Waals surface area contributed by atoms with E-state index in [-0.39, 0.29) is 11.9 Å². The van der Waals surface area contributed by atoms with Crippen LogP contribution in [0.5, 0.6) is 0 Å². The lowest BCUT2D eigenvalue weighted by Crippen LogP contribution is -2.38. The molecule has 132 valence electrons. The first-order chi connectivity index (χ1) is 11.7. The second-order valence-corrected chi connectivity index (χ2v) is 6.36. The molecule has 1 aromatic carbocycles. The van der Waals surface area contributed by atoms with E-state index in [2.05, 4.69) is 21.9 Å². The van der Waals surface area contributed by atoms with Crippen LogP contribution in [0.4, 0.5) is 17.1 Å². The van der Waals surface area contributed by atoms with Gasteiger partial charge in [0.15, 0.2) is 0 Å². The Labute approximate surface area is 143 Å². The summed E-state index contributed by atoms with van der Waals surface area (Å²) in [7, 11) is 0. The number of esters is 1. The van der Waals surface area contributed by atoms with Crippen LogP contribution in [0, 0.1) is 5.92 Å². The molecule has 0 atom stereocenters. The van der Waals surface area contributed by atoms with Gasteiger partial charge >= 0.3 is 5.97 Å². The van der Waals surface area contributed by atoms with Gasteiger partial charge in [0.1, 0.15) is 0 Å². The Morgan fingerprint density at radius 2 is 1.92 bits per heavy atom. The zero-order valence-electron chi connectivity index (χ0n) is 14.4. The van der Waals surface area contributed by atoms with E-state index in [9.17, 15) is 4.79 Å². The third-order valence-electron chi connectivity index (χ3n) is 4.85. The van der Waals surface area contributed by atoms with Crippen LogP contribution in [-0.4, -0.2) is 52.0 Å². The number of ether oxygens (including phenoxy) is 2. The van der Waals surface area contributed by atoms with Gasteiger partial charge in [0.05, 0.1) is 37.1 Å². The molecule has 2 N–H and O–H groups in total. The van der Waals surface area contributed by atoms with Gasteiger partial charge in [-0.25, -0.2) is 0 Å². The number of nitrogens with two attached hydrogens (primary N) is 1. The molecular formula is C18H27N3O3. The standard InChI is InChI=1S/C18H27N3O3/c1-2-24-18(22)14-5-7-21(8-6-14)17-13-15(3-4-16(17)19)20-9-11-23-12-10-20/h3-4,13-14H,2,5-12,19H2,1H3. The van der Waals surface area contributed by atoms with E-state index in [1.54, 1.807) is 0 Å². The monoisotopic (exact) mass is 333 g/mol. The Balaban J connectivity index is 1.67. The van der Waals surface area contributed by atoms with Gasteiger partial charge in [-0.1, -0.05) is 0 Å². The van der Waals surface area contributed by atoms with Crippen molar-refractivity contribution in [3.8, 4) is 0 Å².